The monoisotopic (exact) mass is 404 g/mol. The Kier molecular flexibility index (Phi) is 6.21. The lowest BCUT2D eigenvalue weighted by atomic mass is 10.0. The molecule has 28 heavy (non-hydrogen) atoms. The fourth-order valence-electron chi connectivity index (χ4n) is 2.94. The molecule has 0 aliphatic carbocycles. The molecule has 0 fully saturated rings. The Morgan fingerprint density at radius 2 is 2.00 bits per heavy atom. The summed E-state index contributed by atoms with van der Waals surface area (Å²) in [6.07, 6.45) is 1.36. The van der Waals surface area contributed by atoms with E-state index in [-0.39, 0.29) is 18.0 Å². The second-order valence-electron chi connectivity index (χ2n) is 6.22. The van der Waals surface area contributed by atoms with E-state index in [0.29, 0.717) is 29.0 Å². The predicted octanol–water partition coefficient (Wildman–Crippen LogP) is 3.71. The molecule has 0 radical (unpaired) electrons. The van der Waals surface area contributed by atoms with Crippen molar-refractivity contribution in [2.45, 2.75) is 26.8 Å². The molecule has 3 rings (SSSR count). The largest absolute Gasteiger partial charge is 0.462 e. The molecule has 1 aromatic carbocycles. The van der Waals surface area contributed by atoms with Gasteiger partial charge in [-0.05, 0) is 38.5 Å². The average molecular weight is 404 g/mol. The molecule has 1 atom stereocenters. The minimum atomic E-state index is -0.827. The first-order valence-corrected chi connectivity index (χ1v) is 9.76. The fourth-order valence-corrected chi connectivity index (χ4v) is 3.94. The number of thiophene rings is 1. The number of nitrogens with zero attached hydrogens (tertiary/aromatic N) is 2. The van der Waals surface area contributed by atoms with Crippen molar-refractivity contribution in [3.63, 3.8) is 0 Å². The molecular formula is C20H21FN2O4S. The van der Waals surface area contributed by atoms with Crippen molar-refractivity contribution in [2.24, 2.45) is 0 Å². The summed E-state index contributed by atoms with van der Waals surface area (Å²) in [5, 5.41) is 0.422. The number of aromatic nitrogens is 2. The van der Waals surface area contributed by atoms with Crippen LogP contribution in [0.15, 0.2) is 35.4 Å². The molecule has 0 aliphatic rings. The molecule has 3 aromatic rings. The van der Waals surface area contributed by atoms with Crippen LogP contribution in [-0.2, 0) is 14.3 Å². The van der Waals surface area contributed by atoms with Crippen LogP contribution in [0.2, 0.25) is 0 Å². The Morgan fingerprint density at radius 3 is 2.68 bits per heavy atom. The molecule has 1 unspecified atom stereocenters. The van der Waals surface area contributed by atoms with Gasteiger partial charge < -0.3 is 9.47 Å². The lowest BCUT2D eigenvalue weighted by molar-refractivity contribution is -0.148. The van der Waals surface area contributed by atoms with E-state index in [4.69, 9.17) is 9.47 Å². The second kappa shape index (κ2) is 8.62. The Bertz CT molecular complexity index is 1040. The van der Waals surface area contributed by atoms with E-state index in [1.165, 1.54) is 34.4 Å². The summed E-state index contributed by atoms with van der Waals surface area (Å²) in [4.78, 5) is 31.3. The SMILES string of the molecule is CCOCCOC(=O)C(C)n1cnc2sc(C)c(-c3ccc(F)cc3)c2c1=O. The number of hydrogen-bond donors (Lipinski definition) is 0. The van der Waals surface area contributed by atoms with Gasteiger partial charge in [-0.15, -0.1) is 11.3 Å². The van der Waals surface area contributed by atoms with Crippen LogP contribution >= 0.6 is 11.3 Å². The van der Waals surface area contributed by atoms with Crippen LogP contribution in [0.4, 0.5) is 4.39 Å². The van der Waals surface area contributed by atoms with Crippen molar-refractivity contribution < 1.29 is 18.7 Å². The molecule has 0 spiro atoms. The van der Waals surface area contributed by atoms with Gasteiger partial charge in [0.25, 0.3) is 5.56 Å². The first-order chi connectivity index (χ1) is 13.4. The van der Waals surface area contributed by atoms with Crippen LogP contribution in [0.3, 0.4) is 0 Å². The molecule has 2 heterocycles. The summed E-state index contributed by atoms with van der Waals surface area (Å²) < 4.78 is 24.9. The van der Waals surface area contributed by atoms with Crippen LogP contribution in [-0.4, -0.2) is 35.3 Å². The molecule has 0 amide bonds. The lowest BCUT2D eigenvalue weighted by Crippen LogP contribution is -2.30. The predicted molar refractivity (Wildman–Crippen MR) is 106 cm³/mol. The van der Waals surface area contributed by atoms with Gasteiger partial charge in [0.2, 0.25) is 0 Å². The van der Waals surface area contributed by atoms with Gasteiger partial charge in [0.05, 0.1) is 18.3 Å². The zero-order valence-electron chi connectivity index (χ0n) is 15.9. The minimum absolute atomic E-state index is 0.125. The highest BCUT2D eigenvalue weighted by atomic mass is 32.1. The van der Waals surface area contributed by atoms with E-state index < -0.39 is 12.0 Å². The molecule has 0 saturated heterocycles. The van der Waals surface area contributed by atoms with E-state index in [9.17, 15) is 14.0 Å². The van der Waals surface area contributed by atoms with E-state index >= 15 is 0 Å². The van der Waals surface area contributed by atoms with Gasteiger partial charge in [-0.3, -0.25) is 9.36 Å². The third-order valence-electron chi connectivity index (χ3n) is 4.38. The van der Waals surface area contributed by atoms with E-state index in [2.05, 4.69) is 4.98 Å². The highest BCUT2D eigenvalue weighted by molar-refractivity contribution is 7.19. The van der Waals surface area contributed by atoms with Crippen molar-refractivity contribution in [1.82, 2.24) is 9.55 Å². The number of halogens is 1. The molecular weight excluding hydrogens is 383 g/mol. The summed E-state index contributed by atoms with van der Waals surface area (Å²) in [7, 11) is 0. The van der Waals surface area contributed by atoms with E-state index in [1.54, 1.807) is 19.1 Å². The summed E-state index contributed by atoms with van der Waals surface area (Å²) in [5.41, 5.74) is 1.11. The van der Waals surface area contributed by atoms with Crippen LogP contribution in [0.5, 0.6) is 0 Å². The zero-order chi connectivity index (χ0) is 20.3. The van der Waals surface area contributed by atoms with E-state index in [1.807, 2.05) is 13.8 Å². The third-order valence-corrected chi connectivity index (χ3v) is 5.39. The lowest BCUT2D eigenvalue weighted by Gasteiger charge is -2.14. The molecule has 0 saturated carbocycles. The van der Waals surface area contributed by atoms with Crippen molar-refractivity contribution in [1.29, 1.82) is 0 Å². The summed E-state index contributed by atoms with van der Waals surface area (Å²) in [5.74, 6) is -0.877. The molecule has 0 N–H and O–H groups in total. The Labute approximate surface area is 165 Å². The number of hydrogen-bond acceptors (Lipinski definition) is 6. The van der Waals surface area contributed by atoms with Crippen LogP contribution in [0.25, 0.3) is 21.3 Å². The zero-order valence-corrected chi connectivity index (χ0v) is 16.7. The molecule has 6 nitrogen and oxygen atoms in total. The summed E-state index contributed by atoms with van der Waals surface area (Å²) >= 11 is 1.39. The number of esters is 1. The van der Waals surface area contributed by atoms with E-state index in [0.717, 1.165) is 10.4 Å². The second-order valence-corrected chi connectivity index (χ2v) is 7.42. The Hall–Kier alpha value is -2.58. The number of aryl methyl sites for hydroxylation is 1. The molecule has 2 aromatic heterocycles. The van der Waals surface area contributed by atoms with Crippen LogP contribution in [0, 0.1) is 12.7 Å². The van der Waals surface area contributed by atoms with Gasteiger partial charge in [0, 0.05) is 17.0 Å². The number of benzene rings is 1. The molecule has 0 aliphatic heterocycles. The highest BCUT2D eigenvalue weighted by Gasteiger charge is 2.22. The van der Waals surface area contributed by atoms with Gasteiger partial charge in [-0.1, -0.05) is 12.1 Å². The highest BCUT2D eigenvalue weighted by Crippen LogP contribution is 2.35. The van der Waals surface area contributed by atoms with Gasteiger partial charge >= 0.3 is 5.97 Å². The van der Waals surface area contributed by atoms with Gasteiger partial charge in [0.15, 0.2) is 0 Å². The maximum atomic E-state index is 13.3. The maximum Gasteiger partial charge on any atom is 0.329 e. The van der Waals surface area contributed by atoms with Gasteiger partial charge in [0.1, 0.15) is 23.3 Å². The molecule has 148 valence electrons. The molecule has 8 heteroatoms. The number of carbonyl (C=O) groups is 1. The smallest absolute Gasteiger partial charge is 0.329 e. The first kappa shape index (κ1) is 20.2. The van der Waals surface area contributed by atoms with Crippen LogP contribution in [0.1, 0.15) is 24.8 Å². The van der Waals surface area contributed by atoms with Crippen molar-refractivity contribution in [3.05, 3.63) is 51.6 Å². The third kappa shape index (κ3) is 3.98. The van der Waals surface area contributed by atoms with Crippen molar-refractivity contribution >= 4 is 27.5 Å². The number of carbonyl (C=O) groups excluding carboxylic acids is 1. The quantitative estimate of drug-likeness (QED) is 0.443. The first-order valence-electron chi connectivity index (χ1n) is 8.94. The fraction of sp³-hybridized carbons (Fsp3) is 0.350. The van der Waals surface area contributed by atoms with Crippen LogP contribution < -0.4 is 5.56 Å². The number of fused-ring (bicyclic) bond motifs is 1. The Balaban J connectivity index is 1.98. The maximum absolute atomic E-state index is 13.3. The van der Waals surface area contributed by atoms with Gasteiger partial charge in [-0.2, -0.15) is 0 Å². The Morgan fingerprint density at radius 1 is 1.29 bits per heavy atom. The number of rotatable bonds is 7. The minimum Gasteiger partial charge on any atom is -0.462 e. The molecule has 0 bridgehead atoms. The normalized spacial score (nSPS) is 12.3. The standard InChI is InChI=1S/C20H21FN2O4S/c1-4-26-9-10-27-20(25)12(2)23-11-22-18-17(19(23)24)16(13(3)28-18)14-5-7-15(21)8-6-14/h5-8,11-12H,4,9-10H2,1-3H3. The topological polar surface area (TPSA) is 70.4 Å². The van der Waals surface area contributed by atoms with Crippen molar-refractivity contribution in [3.8, 4) is 11.1 Å². The average Bonchev–Trinajstić information content (AvgIpc) is 3.02. The number of ether oxygens (including phenoxy) is 2. The summed E-state index contributed by atoms with van der Waals surface area (Å²) in [6.45, 7) is 6.30. The van der Waals surface area contributed by atoms with Crippen molar-refractivity contribution in [2.75, 3.05) is 19.8 Å². The van der Waals surface area contributed by atoms with Gasteiger partial charge in [-0.25, -0.2) is 14.2 Å². The summed E-state index contributed by atoms with van der Waals surface area (Å²) in [6, 6.07) is 5.14.